The van der Waals surface area contributed by atoms with E-state index in [4.69, 9.17) is 0 Å². The topological polar surface area (TPSA) is 77.6 Å². The van der Waals surface area contributed by atoms with Crippen molar-refractivity contribution in [1.82, 2.24) is 25.6 Å². The molecular weight excluding hydrogens is 354 g/mol. The van der Waals surface area contributed by atoms with Crippen LogP contribution in [-0.2, 0) is 9.59 Å². The number of aromatic nitrogens is 1. The lowest BCUT2D eigenvalue weighted by atomic mass is 9.92. The highest BCUT2D eigenvalue weighted by molar-refractivity contribution is 5.83. The minimum absolute atomic E-state index is 0.0803. The van der Waals surface area contributed by atoms with Gasteiger partial charge in [0.05, 0.1) is 0 Å². The molecule has 3 fully saturated rings. The Kier molecular flexibility index (Phi) is 5.92. The first-order valence-corrected chi connectivity index (χ1v) is 10.6. The van der Waals surface area contributed by atoms with Crippen molar-refractivity contribution in [3.63, 3.8) is 0 Å². The Morgan fingerprint density at radius 2 is 1.54 bits per heavy atom. The van der Waals surface area contributed by atoms with Crippen molar-refractivity contribution in [3.05, 3.63) is 30.1 Å². The maximum absolute atomic E-state index is 12.9. The maximum atomic E-state index is 12.9. The lowest BCUT2D eigenvalue weighted by Gasteiger charge is -2.37. The largest absolute Gasteiger partial charge is 0.342 e. The van der Waals surface area contributed by atoms with Crippen LogP contribution >= 0.6 is 0 Å². The first kappa shape index (κ1) is 19.3. The van der Waals surface area contributed by atoms with E-state index in [9.17, 15) is 9.59 Å². The minimum atomic E-state index is -0.214. The van der Waals surface area contributed by atoms with Crippen LogP contribution in [0.3, 0.4) is 0 Å². The molecule has 3 saturated heterocycles. The zero-order chi connectivity index (χ0) is 19.5. The number of nitrogens with one attached hydrogen (secondary N) is 2. The number of amides is 2. The third kappa shape index (κ3) is 4.20. The SMILES string of the molecule is CC1CCN(C(=O)C2CCN(C(=O)C3CC(c4ccncc4)NN3)CC2)CC1. The van der Waals surface area contributed by atoms with Gasteiger partial charge in [-0.25, -0.2) is 10.9 Å². The molecule has 2 N–H and O–H groups in total. The highest BCUT2D eigenvalue weighted by Gasteiger charge is 2.36. The van der Waals surface area contributed by atoms with Gasteiger partial charge in [-0.05, 0) is 55.7 Å². The number of rotatable bonds is 3. The van der Waals surface area contributed by atoms with Gasteiger partial charge in [0.25, 0.3) is 0 Å². The number of hydrogen-bond acceptors (Lipinski definition) is 5. The van der Waals surface area contributed by atoms with E-state index in [0.29, 0.717) is 19.0 Å². The summed E-state index contributed by atoms with van der Waals surface area (Å²) in [6.07, 6.45) is 8.07. The average Bonchev–Trinajstić information content (AvgIpc) is 3.24. The highest BCUT2D eigenvalue weighted by Crippen LogP contribution is 2.26. The standard InChI is InChI=1S/C21H31N5O2/c1-15-4-10-25(11-5-15)20(27)17-6-12-26(13-7-17)21(28)19-14-18(23-24-19)16-2-8-22-9-3-16/h2-3,8-9,15,17-19,23-24H,4-7,10-14H2,1H3. The molecule has 7 nitrogen and oxygen atoms in total. The van der Waals surface area contributed by atoms with Crippen molar-refractivity contribution in [2.75, 3.05) is 26.2 Å². The van der Waals surface area contributed by atoms with Gasteiger partial charge in [0.2, 0.25) is 11.8 Å². The summed E-state index contributed by atoms with van der Waals surface area (Å²) in [5, 5.41) is 0. The molecule has 0 saturated carbocycles. The van der Waals surface area contributed by atoms with Crippen molar-refractivity contribution in [2.24, 2.45) is 11.8 Å². The smallest absolute Gasteiger partial charge is 0.241 e. The molecule has 1 aromatic rings. The van der Waals surface area contributed by atoms with Crippen LogP contribution in [0.4, 0.5) is 0 Å². The van der Waals surface area contributed by atoms with Gasteiger partial charge < -0.3 is 9.80 Å². The molecule has 0 spiro atoms. The van der Waals surface area contributed by atoms with Crippen molar-refractivity contribution < 1.29 is 9.59 Å². The predicted octanol–water partition coefficient (Wildman–Crippen LogP) is 1.49. The summed E-state index contributed by atoms with van der Waals surface area (Å²) < 4.78 is 0. The molecule has 4 heterocycles. The number of carbonyl (C=O) groups excluding carboxylic acids is 2. The van der Waals surface area contributed by atoms with Gasteiger partial charge in [0, 0.05) is 50.5 Å². The summed E-state index contributed by atoms with van der Waals surface area (Å²) in [7, 11) is 0. The van der Waals surface area contributed by atoms with Gasteiger partial charge in [0.1, 0.15) is 6.04 Å². The van der Waals surface area contributed by atoms with E-state index >= 15 is 0 Å². The van der Waals surface area contributed by atoms with E-state index < -0.39 is 0 Å². The van der Waals surface area contributed by atoms with Crippen molar-refractivity contribution >= 4 is 11.8 Å². The molecule has 0 radical (unpaired) electrons. The second-order valence-corrected chi connectivity index (χ2v) is 8.52. The molecule has 152 valence electrons. The molecule has 3 aliphatic rings. The Labute approximate surface area is 166 Å². The predicted molar refractivity (Wildman–Crippen MR) is 106 cm³/mol. The fourth-order valence-electron chi connectivity index (χ4n) is 4.59. The number of piperidine rings is 2. The molecule has 2 atom stereocenters. The summed E-state index contributed by atoms with van der Waals surface area (Å²) in [6.45, 7) is 5.41. The van der Waals surface area contributed by atoms with E-state index in [-0.39, 0.29) is 23.9 Å². The van der Waals surface area contributed by atoms with Crippen LogP contribution in [0, 0.1) is 11.8 Å². The number of carbonyl (C=O) groups is 2. The first-order chi connectivity index (χ1) is 13.6. The number of likely N-dealkylation sites (tertiary alicyclic amines) is 2. The molecular formula is C21H31N5O2. The van der Waals surface area contributed by atoms with Gasteiger partial charge in [-0.1, -0.05) is 6.92 Å². The van der Waals surface area contributed by atoms with Crippen molar-refractivity contribution in [3.8, 4) is 0 Å². The number of hydrazine groups is 1. The Balaban J connectivity index is 1.26. The summed E-state index contributed by atoms with van der Waals surface area (Å²) in [5.74, 6) is 1.25. The van der Waals surface area contributed by atoms with E-state index in [1.807, 2.05) is 21.9 Å². The minimum Gasteiger partial charge on any atom is -0.342 e. The lowest BCUT2D eigenvalue weighted by molar-refractivity contribution is -0.142. The van der Waals surface area contributed by atoms with E-state index in [0.717, 1.165) is 56.7 Å². The molecule has 2 amide bonds. The highest BCUT2D eigenvalue weighted by atomic mass is 16.2. The molecule has 28 heavy (non-hydrogen) atoms. The Morgan fingerprint density at radius 1 is 0.929 bits per heavy atom. The van der Waals surface area contributed by atoms with Crippen LogP contribution in [-0.4, -0.2) is 58.8 Å². The summed E-state index contributed by atoms with van der Waals surface area (Å²) >= 11 is 0. The van der Waals surface area contributed by atoms with Crippen LogP contribution < -0.4 is 10.9 Å². The van der Waals surface area contributed by atoms with E-state index in [1.54, 1.807) is 12.4 Å². The molecule has 0 aromatic carbocycles. The van der Waals surface area contributed by atoms with Crippen LogP contribution in [0.15, 0.2) is 24.5 Å². The van der Waals surface area contributed by atoms with Crippen molar-refractivity contribution in [2.45, 2.75) is 51.1 Å². The fourth-order valence-corrected chi connectivity index (χ4v) is 4.59. The first-order valence-electron chi connectivity index (χ1n) is 10.6. The number of nitrogens with zero attached hydrogens (tertiary/aromatic N) is 3. The lowest BCUT2D eigenvalue weighted by Crippen LogP contribution is -2.50. The second-order valence-electron chi connectivity index (χ2n) is 8.52. The fraction of sp³-hybridized carbons (Fsp3) is 0.667. The third-order valence-corrected chi connectivity index (χ3v) is 6.56. The Morgan fingerprint density at radius 3 is 2.21 bits per heavy atom. The van der Waals surface area contributed by atoms with Gasteiger partial charge >= 0.3 is 0 Å². The average molecular weight is 386 g/mol. The zero-order valence-corrected chi connectivity index (χ0v) is 16.6. The van der Waals surface area contributed by atoms with Crippen molar-refractivity contribution in [1.29, 1.82) is 0 Å². The van der Waals surface area contributed by atoms with Crippen LogP contribution in [0.2, 0.25) is 0 Å². The molecule has 4 rings (SSSR count). The monoisotopic (exact) mass is 385 g/mol. The van der Waals surface area contributed by atoms with Crippen LogP contribution in [0.1, 0.15) is 50.6 Å². The molecule has 7 heteroatoms. The molecule has 1 aromatic heterocycles. The quantitative estimate of drug-likeness (QED) is 0.824. The van der Waals surface area contributed by atoms with Crippen LogP contribution in [0.5, 0.6) is 0 Å². The summed E-state index contributed by atoms with van der Waals surface area (Å²) in [5.41, 5.74) is 7.52. The zero-order valence-electron chi connectivity index (χ0n) is 16.6. The van der Waals surface area contributed by atoms with Gasteiger partial charge in [-0.2, -0.15) is 0 Å². The van der Waals surface area contributed by atoms with Crippen LogP contribution in [0.25, 0.3) is 0 Å². The van der Waals surface area contributed by atoms with E-state index in [2.05, 4.69) is 22.8 Å². The normalized spacial score (nSPS) is 27.2. The molecule has 0 aliphatic carbocycles. The number of pyridine rings is 1. The Bertz CT molecular complexity index is 681. The summed E-state index contributed by atoms with van der Waals surface area (Å²) in [4.78, 5) is 33.7. The summed E-state index contributed by atoms with van der Waals surface area (Å²) in [6, 6.07) is 3.86. The molecule has 0 bridgehead atoms. The number of hydrogen-bond donors (Lipinski definition) is 2. The van der Waals surface area contributed by atoms with Gasteiger partial charge in [0.15, 0.2) is 0 Å². The maximum Gasteiger partial charge on any atom is 0.241 e. The van der Waals surface area contributed by atoms with Gasteiger partial charge in [-0.15, -0.1) is 0 Å². The molecule has 2 unspecified atom stereocenters. The second kappa shape index (κ2) is 8.57. The van der Waals surface area contributed by atoms with Gasteiger partial charge in [-0.3, -0.25) is 14.6 Å². The van der Waals surface area contributed by atoms with E-state index in [1.165, 1.54) is 0 Å². The molecule has 3 aliphatic heterocycles. The third-order valence-electron chi connectivity index (χ3n) is 6.56. The Hall–Kier alpha value is -1.99.